The van der Waals surface area contributed by atoms with Gasteiger partial charge in [0, 0.05) is 13.3 Å². The molecule has 2 aliphatic heterocycles. The Balaban J connectivity index is 2.03. The summed E-state index contributed by atoms with van der Waals surface area (Å²) in [5.41, 5.74) is -0.233. The number of ether oxygens (including phenoxy) is 1. The van der Waals surface area contributed by atoms with E-state index in [1.807, 2.05) is 13.0 Å². The van der Waals surface area contributed by atoms with E-state index in [1.54, 1.807) is 18.2 Å². The lowest BCUT2D eigenvalue weighted by Gasteiger charge is -2.28. The zero-order valence-electron chi connectivity index (χ0n) is 14.1. The Bertz CT molecular complexity index is 831. The number of carbonyl (C=O) groups excluding carboxylic acids is 4. The number of rotatable bonds is 2. The molecule has 2 aliphatic rings. The molecular weight excluding hydrogens is 326 g/mol. The molecular formula is C17H17N3O5. The molecule has 1 aromatic carbocycles. The maximum atomic E-state index is 13.1. The van der Waals surface area contributed by atoms with Gasteiger partial charge in [-0.2, -0.15) is 5.10 Å². The molecule has 0 bridgehead atoms. The molecule has 1 fully saturated rings. The molecule has 2 heterocycles. The highest BCUT2D eigenvalue weighted by molar-refractivity contribution is 6.39. The minimum Gasteiger partial charge on any atom is -0.464 e. The number of hydrogen-bond donors (Lipinski definition) is 0. The molecule has 1 saturated heterocycles. The summed E-state index contributed by atoms with van der Waals surface area (Å²) in [6.07, 6.45) is -0.379. The van der Waals surface area contributed by atoms with Gasteiger partial charge in [0.1, 0.15) is 5.71 Å². The number of amides is 3. The van der Waals surface area contributed by atoms with Crippen molar-refractivity contribution in [1.29, 1.82) is 0 Å². The summed E-state index contributed by atoms with van der Waals surface area (Å²) < 4.78 is 4.64. The number of hydrazone groups is 1. The quantitative estimate of drug-likeness (QED) is 0.584. The Morgan fingerprint density at radius 3 is 2.56 bits per heavy atom. The lowest BCUT2D eigenvalue weighted by Crippen LogP contribution is -2.51. The van der Waals surface area contributed by atoms with Crippen LogP contribution in [0.2, 0.25) is 0 Å². The average Bonchev–Trinajstić information content (AvgIpc) is 3.06. The smallest absolute Gasteiger partial charge is 0.354 e. The molecule has 1 spiro atoms. The van der Waals surface area contributed by atoms with Gasteiger partial charge in [0.05, 0.1) is 19.2 Å². The molecule has 0 N–H and O–H groups in total. The summed E-state index contributed by atoms with van der Waals surface area (Å²) in [4.78, 5) is 50.5. The number of carbonyl (C=O) groups is 4. The van der Waals surface area contributed by atoms with Crippen molar-refractivity contribution in [2.45, 2.75) is 32.2 Å². The second kappa shape index (κ2) is 5.80. The summed E-state index contributed by atoms with van der Waals surface area (Å²) in [6, 6.07) is 6.95. The van der Waals surface area contributed by atoms with Gasteiger partial charge in [0.15, 0.2) is 5.54 Å². The standard InChI is InChI=1S/C17H17N3O5/c1-10-5-4-6-12(7-10)19-14(22)9-17(16(19)24)8-13(15(23)25-3)18-20(17)11(2)21/h4-7H,8-9H2,1-3H3/t17-/m0/s1. The summed E-state index contributed by atoms with van der Waals surface area (Å²) in [6.45, 7) is 3.08. The van der Waals surface area contributed by atoms with E-state index in [1.165, 1.54) is 14.0 Å². The molecule has 8 nitrogen and oxygen atoms in total. The van der Waals surface area contributed by atoms with Crippen LogP contribution in [-0.2, 0) is 23.9 Å². The minimum atomic E-state index is -1.50. The number of benzene rings is 1. The fraction of sp³-hybridized carbons (Fsp3) is 0.353. The molecule has 0 radical (unpaired) electrons. The monoisotopic (exact) mass is 343 g/mol. The highest BCUT2D eigenvalue weighted by Crippen LogP contribution is 2.40. The molecule has 3 amide bonds. The third-order valence-electron chi connectivity index (χ3n) is 4.36. The molecule has 25 heavy (non-hydrogen) atoms. The van der Waals surface area contributed by atoms with Gasteiger partial charge in [0.25, 0.3) is 5.91 Å². The van der Waals surface area contributed by atoms with Gasteiger partial charge in [0.2, 0.25) is 11.8 Å². The molecule has 8 heteroatoms. The topological polar surface area (TPSA) is 96.3 Å². The lowest BCUT2D eigenvalue weighted by molar-refractivity contribution is -0.141. The molecule has 0 unspecified atom stereocenters. The van der Waals surface area contributed by atoms with Crippen molar-refractivity contribution in [1.82, 2.24) is 5.01 Å². The lowest BCUT2D eigenvalue weighted by atomic mass is 9.91. The summed E-state index contributed by atoms with van der Waals surface area (Å²) >= 11 is 0. The SMILES string of the molecule is COC(=O)C1=NN(C(C)=O)[C@]2(CC(=O)N(c3cccc(C)c3)C2=O)C1. The summed E-state index contributed by atoms with van der Waals surface area (Å²) in [7, 11) is 1.19. The Hall–Kier alpha value is -3.03. The second-order valence-electron chi connectivity index (χ2n) is 6.13. The van der Waals surface area contributed by atoms with Crippen LogP contribution in [0.3, 0.4) is 0 Å². The molecule has 1 atom stereocenters. The fourth-order valence-electron chi connectivity index (χ4n) is 3.26. The van der Waals surface area contributed by atoms with Crippen molar-refractivity contribution in [3.63, 3.8) is 0 Å². The maximum absolute atomic E-state index is 13.1. The van der Waals surface area contributed by atoms with Gasteiger partial charge in [-0.25, -0.2) is 14.7 Å². The van der Waals surface area contributed by atoms with Crippen LogP contribution < -0.4 is 4.90 Å². The van der Waals surface area contributed by atoms with Crippen LogP contribution in [0.1, 0.15) is 25.3 Å². The predicted molar refractivity (Wildman–Crippen MR) is 87.6 cm³/mol. The number of aryl methyl sites for hydroxylation is 1. The number of methoxy groups -OCH3 is 1. The van der Waals surface area contributed by atoms with E-state index in [0.717, 1.165) is 15.5 Å². The number of nitrogens with zero attached hydrogens (tertiary/aromatic N) is 3. The van der Waals surface area contributed by atoms with Gasteiger partial charge in [-0.05, 0) is 24.6 Å². The van der Waals surface area contributed by atoms with Gasteiger partial charge in [-0.1, -0.05) is 12.1 Å². The first-order chi connectivity index (χ1) is 11.8. The van der Waals surface area contributed by atoms with Crippen molar-refractivity contribution >= 4 is 35.1 Å². The fourth-order valence-corrected chi connectivity index (χ4v) is 3.26. The third-order valence-corrected chi connectivity index (χ3v) is 4.36. The molecule has 130 valence electrons. The highest BCUT2D eigenvalue weighted by atomic mass is 16.5. The van der Waals surface area contributed by atoms with Crippen molar-refractivity contribution in [3.8, 4) is 0 Å². The van der Waals surface area contributed by atoms with Crippen LogP contribution in [0.4, 0.5) is 5.69 Å². The first-order valence-electron chi connectivity index (χ1n) is 7.71. The van der Waals surface area contributed by atoms with E-state index in [9.17, 15) is 19.2 Å². The zero-order chi connectivity index (χ0) is 18.4. The van der Waals surface area contributed by atoms with Gasteiger partial charge >= 0.3 is 5.97 Å². The van der Waals surface area contributed by atoms with Crippen molar-refractivity contribution < 1.29 is 23.9 Å². The van der Waals surface area contributed by atoms with Crippen molar-refractivity contribution in [2.24, 2.45) is 5.10 Å². The Morgan fingerprint density at radius 2 is 1.96 bits per heavy atom. The predicted octanol–water partition coefficient (Wildman–Crippen LogP) is 0.778. The highest BCUT2D eigenvalue weighted by Gasteiger charge is 2.61. The van der Waals surface area contributed by atoms with Crippen LogP contribution in [0.25, 0.3) is 0 Å². The summed E-state index contributed by atoms with van der Waals surface area (Å²) in [5, 5.41) is 4.89. The Morgan fingerprint density at radius 1 is 1.24 bits per heavy atom. The van der Waals surface area contributed by atoms with Gasteiger partial charge in [-0.3, -0.25) is 14.4 Å². The van der Waals surface area contributed by atoms with Gasteiger partial charge in [-0.15, -0.1) is 0 Å². The van der Waals surface area contributed by atoms with E-state index in [4.69, 9.17) is 0 Å². The largest absolute Gasteiger partial charge is 0.464 e. The second-order valence-corrected chi connectivity index (χ2v) is 6.13. The molecule has 0 aromatic heterocycles. The Kier molecular flexibility index (Phi) is 3.90. The number of imide groups is 1. The number of anilines is 1. The van der Waals surface area contributed by atoms with E-state index in [-0.39, 0.29) is 18.6 Å². The van der Waals surface area contributed by atoms with Crippen LogP contribution >= 0.6 is 0 Å². The van der Waals surface area contributed by atoms with E-state index in [0.29, 0.717) is 5.69 Å². The molecule has 1 aromatic rings. The van der Waals surface area contributed by atoms with Crippen LogP contribution in [0, 0.1) is 6.92 Å². The Labute approximate surface area is 144 Å². The molecule has 0 aliphatic carbocycles. The maximum Gasteiger partial charge on any atom is 0.354 e. The van der Waals surface area contributed by atoms with E-state index < -0.39 is 29.2 Å². The van der Waals surface area contributed by atoms with E-state index in [2.05, 4.69) is 9.84 Å². The van der Waals surface area contributed by atoms with Crippen LogP contribution in [0.15, 0.2) is 29.4 Å². The van der Waals surface area contributed by atoms with Crippen molar-refractivity contribution in [2.75, 3.05) is 12.0 Å². The van der Waals surface area contributed by atoms with Crippen molar-refractivity contribution in [3.05, 3.63) is 29.8 Å². The first-order valence-corrected chi connectivity index (χ1v) is 7.71. The van der Waals surface area contributed by atoms with Crippen LogP contribution in [-0.4, -0.2) is 47.1 Å². The first kappa shape index (κ1) is 16.8. The minimum absolute atomic E-state index is 0.0510. The number of hydrogen-bond acceptors (Lipinski definition) is 6. The summed E-state index contributed by atoms with van der Waals surface area (Å²) in [5.74, 6) is -2.26. The normalized spacial score (nSPS) is 22.6. The van der Waals surface area contributed by atoms with Crippen LogP contribution in [0.5, 0.6) is 0 Å². The zero-order valence-corrected chi connectivity index (χ0v) is 14.1. The van der Waals surface area contributed by atoms with E-state index >= 15 is 0 Å². The molecule has 0 saturated carbocycles. The molecule has 3 rings (SSSR count). The average molecular weight is 343 g/mol. The third kappa shape index (κ3) is 2.50. The number of esters is 1. The van der Waals surface area contributed by atoms with Gasteiger partial charge < -0.3 is 4.74 Å².